The van der Waals surface area contributed by atoms with E-state index < -0.39 is 11.7 Å². The summed E-state index contributed by atoms with van der Waals surface area (Å²) in [6, 6.07) is 4.70. The number of Topliss-reactive ketones (excluding diaryl/α,β-unsaturated/α-hetero) is 1. The first-order chi connectivity index (χ1) is 9.14. The van der Waals surface area contributed by atoms with Crippen molar-refractivity contribution in [3.05, 3.63) is 35.4 Å². The van der Waals surface area contributed by atoms with E-state index in [1.54, 1.807) is 7.11 Å². The molecule has 0 fully saturated rings. The van der Waals surface area contributed by atoms with Gasteiger partial charge >= 0.3 is 6.18 Å². The lowest BCUT2D eigenvalue weighted by Gasteiger charge is -2.22. The molecule has 0 aliphatic carbocycles. The summed E-state index contributed by atoms with van der Waals surface area (Å²) in [5, 5.41) is 0. The molecule has 1 rings (SSSR count). The van der Waals surface area contributed by atoms with E-state index in [-0.39, 0.29) is 17.8 Å². The van der Waals surface area contributed by atoms with E-state index in [0.717, 1.165) is 12.1 Å². The fourth-order valence-electron chi connectivity index (χ4n) is 1.67. The average Bonchev–Trinajstić information content (AvgIpc) is 2.36. The second-order valence-corrected chi connectivity index (χ2v) is 5.37. The molecule has 0 saturated heterocycles. The number of ketones is 1. The van der Waals surface area contributed by atoms with Gasteiger partial charge in [-0.2, -0.15) is 13.2 Å². The molecule has 0 aliphatic rings. The van der Waals surface area contributed by atoms with Crippen molar-refractivity contribution in [2.45, 2.75) is 44.9 Å². The van der Waals surface area contributed by atoms with Crippen LogP contribution in [0.25, 0.3) is 0 Å². The number of hydrogen-bond donors (Lipinski definition) is 0. The van der Waals surface area contributed by atoms with Gasteiger partial charge in [0.2, 0.25) is 0 Å². The number of carbonyl (C=O) groups is 1. The molecule has 112 valence electrons. The minimum absolute atomic E-state index is 0.00474. The normalized spacial score (nSPS) is 12.5. The standard InChI is InChI=1S/C15H19F3O2/c1-14(2,20-3)9-8-13(19)10-11-4-6-12(7-5-11)15(16,17)18/h4-7H,8-10H2,1-3H3. The summed E-state index contributed by atoms with van der Waals surface area (Å²) in [7, 11) is 1.58. The van der Waals surface area contributed by atoms with Crippen molar-refractivity contribution in [2.24, 2.45) is 0 Å². The van der Waals surface area contributed by atoms with Crippen LogP contribution in [0.4, 0.5) is 13.2 Å². The molecule has 1 aromatic rings. The highest BCUT2D eigenvalue weighted by Crippen LogP contribution is 2.29. The SMILES string of the molecule is COC(C)(C)CCC(=O)Cc1ccc(C(F)(F)F)cc1. The maximum Gasteiger partial charge on any atom is 0.416 e. The van der Waals surface area contributed by atoms with Crippen molar-refractivity contribution in [1.29, 1.82) is 0 Å². The number of ether oxygens (including phenoxy) is 1. The summed E-state index contributed by atoms with van der Waals surface area (Å²) >= 11 is 0. The zero-order chi connectivity index (χ0) is 15.4. The first-order valence-corrected chi connectivity index (χ1v) is 6.37. The van der Waals surface area contributed by atoms with Crippen LogP contribution in [0.5, 0.6) is 0 Å². The molecule has 0 spiro atoms. The number of alkyl halides is 3. The molecule has 0 bridgehead atoms. The summed E-state index contributed by atoms with van der Waals surface area (Å²) in [6.45, 7) is 3.77. The molecule has 20 heavy (non-hydrogen) atoms. The van der Waals surface area contributed by atoms with Gasteiger partial charge in [0.15, 0.2) is 0 Å². The van der Waals surface area contributed by atoms with E-state index in [0.29, 0.717) is 18.4 Å². The molecule has 0 amide bonds. The number of carbonyl (C=O) groups excluding carboxylic acids is 1. The molecule has 0 saturated carbocycles. The van der Waals surface area contributed by atoms with Crippen molar-refractivity contribution in [2.75, 3.05) is 7.11 Å². The number of hydrogen-bond acceptors (Lipinski definition) is 2. The fraction of sp³-hybridized carbons (Fsp3) is 0.533. The van der Waals surface area contributed by atoms with Crippen molar-refractivity contribution >= 4 is 5.78 Å². The van der Waals surface area contributed by atoms with Crippen molar-refractivity contribution in [3.63, 3.8) is 0 Å². The average molecular weight is 288 g/mol. The zero-order valence-electron chi connectivity index (χ0n) is 11.9. The van der Waals surface area contributed by atoms with Gasteiger partial charge in [-0.1, -0.05) is 12.1 Å². The Hall–Kier alpha value is -1.36. The minimum atomic E-state index is -4.34. The second kappa shape index (κ2) is 6.39. The van der Waals surface area contributed by atoms with E-state index in [1.165, 1.54) is 12.1 Å². The van der Waals surface area contributed by atoms with Gasteiger partial charge in [0.1, 0.15) is 5.78 Å². The summed E-state index contributed by atoms with van der Waals surface area (Å²) in [5.74, 6) is -0.00474. The maximum atomic E-state index is 12.4. The smallest absolute Gasteiger partial charge is 0.379 e. The third kappa shape index (κ3) is 5.33. The van der Waals surface area contributed by atoms with Gasteiger partial charge in [0.05, 0.1) is 11.2 Å². The van der Waals surface area contributed by atoms with Crippen LogP contribution in [-0.2, 0) is 22.1 Å². The molecule has 0 aliphatic heterocycles. The van der Waals surface area contributed by atoms with Gasteiger partial charge in [0, 0.05) is 20.0 Å². The lowest BCUT2D eigenvalue weighted by molar-refractivity contribution is -0.137. The van der Waals surface area contributed by atoms with Gasteiger partial charge in [0.25, 0.3) is 0 Å². The second-order valence-electron chi connectivity index (χ2n) is 5.37. The first-order valence-electron chi connectivity index (χ1n) is 6.37. The van der Waals surface area contributed by atoms with Crippen LogP contribution in [0.3, 0.4) is 0 Å². The van der Waals surface area contributed by atoms with Crippen LogP contribution >= 0.6 is 0 Å². The molecular formula is C15H19F3O2. The van der Waals surface area contributed by atoms with Gasteiger partial charge in [-0.15, -0.1) is 0 Å². The Morgan fingerprint density at radius 2 is 1.70 bits per heavy atom. The predicted octanol–water partition coefficient (Wildman–Crippen LogP) is 4.02. The van der Waals surface area contributed by atoms with Crippen LogP contribution < -0.4 is 0 Å². The molecule has 0 radical (unpaired) electrons. The fourth-order valence-corrected chi connectivity index (χ4v) is 1.67. The van der Waals surface area contributed by atoms with Crippen molar-refractivity contribution in [3.8, 4) is 0 Å². The summed E-state index contributed by atoms with van der Waals surface area (Å²) in [6.07, 6.45) is -3.26. The molecule has 2 nitrogen and oxygen atoms in total. The minimum Gasteiger partial charge on any atom is -0.379 e. The van der Waals surface area contributed by atoms with Crippen LogP contribution in [-0.4, -0.2) is 18.5 Å². The molecule has 0 heterocycles. The van der Waals surface area contributed by atoms with E-state index >= 15 is 0 Å². The number of methoxy groups -OCH3 is 1. The summed E-state index contributed by atoms with van der Waals surface area (Å²) in [5.41, 5.74) is -0.469. The Balaban J connectivity index is 2.55. The van der Waals surface area contributed by atoms with Gasteiger partial charge in [-0.3, -0.25) is 4.79 Å². The van der Waals surface area contributed by atoms with Crippen molar-refractivity contribution < 1.29 is 22.7 Å². The van der Waals surface area contributed by atoms with Crippen LogP contribution in [0.15, 0.2) is 24.3 Å². The monoisotopic (exact) mass is 288 g/mol. The lowest BCUT2D eigenvalue weighted by atomic mass is 9.97. The zero-order valence-corrected chi connectivity index (χ0v) is 11.9. The van der Waals surface area contributed by atoms with Crippen LogP contribution in [0.2, 0.25) is 0 Å². The van der Waals surface area contributed by atoms with Gasteiger partial charge < -0.3 is 4.74 Å². The highest BCUT2D eigenvalue weighted by molar-refractivity contribution is 5.80. The summed E-state index contributed by atoms with van der Waals surface area (Å²) in [4.78, 5) is 11.8. The number of benzene rings is 1. The number of rotatable bonds is 6. The molecule has 0 N–H and O–H groups in total. The predicted molar refractivity (Wildman–Crippen MR) is 70.5 cm³/mol. The Morgan fingerprint density at radius 3 is 2.15 bits per heavy atom. The third-order valence-corrected chi connectivity index (χ3v) is 3.24. The Kier molecular flexibility index (Phi) is 5.34. The molecular weight excluding hydrogens is 269 g/mol. The highest BCUT2D eigenvalue weighted by atomic mass is 19.4. The molecule has 1 aromatic carbocycles. The molecule has 5 heteroatoms. The largest absolute Gasteiger partial charge is 0.416 e. The molecule has 0 unspecified atom stereocenters. The molecule has 0 aromatic heterocycles. The quantitative estimate of drug-likeness (QED) is 0.790. The Morgan fingerprint density at radius 1 is 1.15 bits per heavy atom. The van der Waals surface area contributed by atoms with Gasteiger partial charge in [-0.05, 0) is 38.0 Å². The Bertz CT molecular complexity index is 447. The highest BCUT2D eigenvalue weighted by Gasteiger charge is 2.30. The first kappa shape index (κ1) is 16.7. The van der Waals surface area contributed by atoms with E-state index in [4.69, 9.17) is 4.74 Å². The topological polar surface area (TPSA) is 26.3 Å². The maximum absolute atomic E-state index is 12.4. The Labute approximate surface area is 116 Å². The van der Waals surface area contributed by atoms with E-state index in [2.05, 4.69) is 0 Å². The lowest BCUT2D eigenvalue weighted by Crippen LogP contribution is -2.23. The van der Waals surface area contributed by atoms with Crippen molar-refractivity contribution in [1.82, 2.24) is 0 Å². The molecule has 0 atom stereocenters. The van der Waals surface area contributed by atoms with E-state index in [1.807, 2.05) is 13.8 Å². The van der Waals surface area contributed by atoms with E-state index in [9.17, 15) is 18.0 Å². The summed E-state index contributed by atoms with van der Waals surface area (Å²) < 4.78 is 42.4. The van der Waals surface area contributed by atoms with Crippen LogP contribution in [0.1, 0.15) is 37.8 Å². The van der Waals surface area contributed by atoms with Gasteiger partial charge in [-0.25, -0.2) is 0 Å². The van der Waals surface area contributed by atoms with Crippen LogP contribution in [0, 0.1) is 0 Å². The third-order valence-electron chi connectivity index (χ3n) is 3.24. The number of halogens is 3.